The largest absolute Gasteiger partial charge is 0.392 e. The summed E-state index contributed by atoms with van der Waals surface area (Å²) in [5, 5.41) is 11.5. The first-order valence-corrected chi connectivity index (χ1v) is 7.53. The molecule has 0 saturated heterocycles. The van der Waals surface area contributed by atoms with Crippen LogP contribution < -0.4 is 0 Å². The van der Waals surface area contributed by atoms with Gasteiger partial charge in [-0.2, -0.15) is 0 Å². The van der Waals surface area contributed by atoms with E-state index in [1.165, 1.54) is 16.3 Å². The average molecular weight is 278 g/mol. The molecule has 2 aromatic carbocycles. The highest BCUT2D eigenvalue weighted by Crippen LogP contribution is 2.33. The summed E-state index contributed by atoms with van der Waals surface area (Å²) in [4.78, 5) is 0. The van der Waals surface area contributed by atoms with Gasteiger partial charge in [-0.05, 0) is 28.7 Å². The van der Waals surface area contributed by atoms with Gasteiger partial charge in [-0.15, -0.1) is 6.42 Å². The van der Waals surface area contributed by atoms with Crippen LogP contribution in [0.25, 0.3) is 10.8 Å². The molecule has 2 aromatic rings. The minimum Gasteiger partial charge on any atom is -0.392 e. The van der Waals surface area contributed by atoms with Gasteiger partial charge in [0.15, 0.2) is 0 Å². The molecule has 2 rings (SSSR count). The second-order valence-corrected chi connectivity index (χ2v) is 5.28. The molecule has 0 aromatic heterocycles. The molecule has 0 aliphatic rings. The van der Waals surface area contributed by atoms with Crippen molar-refractivity contribution >= 4 is 10.8 Å². The molecule has 2 unspecified atom stereocenters. The molecule has 0 bridgehead atoms. The summed E-state index contributed by atoms with van der Waals surface area (Å²) in [6, 6.07) is 14.7. The van der Waals surface area contributed by atoms with Crippen molar-refractivity contribution in [1.29, 1.82) is 0 Å². The van der Waals surface area contributed by atoms with Gasteiger partial charge in [0.05, 0.1) is 12.5 Å². The third-order valence-corrected chi connectivity index (χ3v) is 3.88. The molecule has 0 spiro atoms. The summed E-state index contributed by atoms with van der Waals surface area (Å²) in [6.07, 6.45) is 11.8. The molecular weight excluding hydrogens is 256 g/mol. The van der Waals surface area contributed by atoms with Crippen LogP contribution in [0.5, 0.6) is 0 Å². The number of hydrogen-bond acceptors (Lipinski definition) is 1. The predicted molar refractivity (Wildman–Crippen MR) is 90.1 cm³/mol. The topological polar surface area (TPSA) is 20.2 Å². The number of rotatable bonds is 6. The molecule has 21 heavy (non-hydrogen) atoms. The Kier molecular flexibility index (Phi) is 5.60. The van der Waals surface area contributed by atoms with Crippen molar-refractivity contribution < 1.29 is 5.11 Å². The van der Waals surface area contributed by atoms with E-state index in [2.05, 4.69) is 55.3 Å². The lowest BCUT2D eigenvalue weighted by molar-refractivity contribution is 0.341. The standard InChI is InChI=1S/C20H22O/c1-3-9-16(12-8-15-21)18(4-2)20-14-7-11-17-10-5-6-13-19(17)20/h2,5-8,10-14,16,18,21H,3,9,15H2,1H3/b12-8+. The summed E-state index contributed by atoms with van der Waals surface area (Å²) in [7, 11) is 0. The van der Waals surface area contributed by atoms with Gasteiger partial charge in [-0.1, -0.05) is 73.9 Å². The Morgan fingerprint density at radius 3 is 2.67 bits per heavy atom. The molecule has 1 heteroatoms. The maximum Gasteiger partial charge on any atom is 0.0612 e. The van der Waals surface area contributed by atoms with Crippen molar-refractivity contribution in [3.63, 3.8) is 0 Å². The van der Waals surface area contributed by atoms with Gasteiger partial charge in [-0.3, -0.25) is 0 Å². The summed E-state index contributed by atoms with van der Waals surface area (Å²) >= 11 is 0. The van der Waals surface area contributed by atoms with Crippen LogP contribution in [0.4, 0.5) is 0 Å². The summed E-state index contributed by atoms with van der Waals surface area (Å²) < 4.78 is 0. The van der Waals surface area contributed by atoms with Crippen LogP contribution in [-0.4, -0.2) is 11.7 Å². The average Bonchev–Trinajstić information content (AvgIpc) is 2.53. The van der Waals surface area contributed by atoms with Gasteiger partial charge < -0.3 is 5.11 Å². The van der Waals surface area contributed by atoms with Gasteiger partial charge in [0, 0.05) is 0 Å². The van der Waals surface area contributed by atoms with Gasteiger partial charge in [0.1, 0.15) is 0 Å². The van der Waals surface area contributed by atoms with Gasteiger partial charge in [0.25, 0.3) is 0 Å². The number of hydrogen-bond donors (Lipinski definition) is 1. The van der Waals surface area contributed by atoms with E-state index < -0.39 is 0 Å². The molecule has 0 heterocycles. The Morgan fingerprint density at radius 2 is 1.95 bits per heavy atom. The number of allylic oxidation sites excluding steroid dienone is 1. The Morgan fingerprint density at radius 1 is 1.19 bits per heavy atom. The number of aliphatic hydroxyl groups is 1. The Bertz CT molecular complexity index is 643. The Hall–Kier alpha value is -2.04. The van der Waals surface area contributed by atoms with E-state index in [1.54, 1.807) is 6.08 Å². The van der Waals surface area contributed by atoms with Gasteiger partial charge in [0.2, 0.25) is 0 Å². The molecule has 0 aliphatic carbocycles. The molecule has 0 radical (unpaired) electrons. The van der Waals surface area contributed by atoms with E-state index in [1.807, 2.05) is 6.07 Å². The van der Waals surface area contributed by atoms with Crippen LogP contribution in [0.2, 0.25) is 0 Å². The van der Waals surface area contributed by atoms with E-state index in [9.17, 15) is 0 Å². The van der Waals surface area contributed by atoms with Gasteiger partial charge in [-0.25, -0.2) is 0 Å². The van der Waals surface area contributed by atoms with Crippen LogP contribution in [0, 0.1) is 18.3 Å². The SMILES string of the molecule is C#CC(c1cccc2ccccc12)C(/C=C/CO)CCC. The number of fused-ring (bicyclic) bond motifs is 1. The van der Waals surface area contributed by atoms with E-state index in [-0.39, 0.29) is 18.4 Å². The van der Waals surface area contributed by atoms with Crippen LogP contribution >= 0.6 is 0 Å². The second-order valence-electron chi connectivity index (χ2n) is 5.28. The highest BCUT2D eigenvalue weighted by atomic mass is 16.2. The zero-order valence-electron chi connectivity index (χ0n) is 12.5. The molecule has 0 aliphatic heterocycles. The van der Waals surface area contributed by atoms with Crippen LogP contribution in [0.15, 0.2) is 54.6 Å². The maximum atomic E-state index is 9.04. The van der Waals surface area contributed by atoms with Crippen molar-refractivity contribution in [2.75, 3.05) is 6.61 Å². The summed E-state index contributed by atoms with van der Waals surface area (Å²) in [6.45, 7) is 2.23. The zero-order valence-corrected chi connectivity index (χ0v) is 12.5. The fraction of sp³-hybridized carbons (Fsp3) is 0.300. The molecule has 108 valence electrons. The third-order valence-electron chi connectivity index (χ3n) is 3.88. The Labute approximate surface area is 127 Å². The first-order valence-electron chi connectivity index (χ1n) is 7.53. The lowest BCUT2D eigenvalue weighted by Crippen LogP contribution is -2.10. The monoisotopic (exact) mass is 278 g/mol. The van der Waals surface area contributed by atoms with Crippen molar-refractivity contribution in [3.05, 3.63) is 60.2 Å². The highest BCUT2D eigenvalue weighted by Gasteiger charge is 2.20. The fourth-order valence-corrected chi connectivity index (χ4v) is 2.91. The first-order chi connectivity index (χ1) is 10.3. The minimum absolute atomic E-state index is 0.0406. The Balaban J connectivity index is 2.47. The smallest absolute Gasteiger partial charge is 0.0612 e. The molecule has 2 atom stereocenters. The van der Waals surface area contributed by atoms with Crippen molar-refractivity contribution in [1.82, 2.24) is 0 Å². The van der Waals surface area contributed by atoms with E-state index in [4.69, 9.17) is 11.5 Å². The number of terminal acetylenes is 1. The molecule has 0 fully saturated rings. The van der Waals surface area contributed by atoms with Crippen molar-refractivity contribution in [2.24, 2.45) is 5.92 Å². The normalized spacial score (nSPS) is 14.1. The highest BCUT2D eigenvalue weighted by molar-refractivity contribution is 5.86. The minimum atomic E-state index is 0.0406. The van der Waals surface area contributed by atoms with Crippen molar-refractivity contribution in [2.45, 2.75) is 25.7 Å². The maximum absolute atomic E-state index is 9.04. The zero-order chi connectivity index (χ0) is 15.1. The van der Waals surface area contributed by atoms with E-state index in [0.29, 0.717) is 0 Å². The first kappa shape index (κ1) is 15.4. The quantitative estimate of drug-likeness (QED) is 0.608. The third kappa shape index (κ3) is 3.54. The lowest BCUT2D eigenvalue weighted by Gasteiger charge is -2.21. The van der Waals surface area contributed by atoms with E-state index >= 15 is 0 Å². The van der Waals surface area contributed by atoms with Crippen LogP contribution in [0.3, 0.4) is 0 Å². The second kappa shape index (κ2) is 7.67. The number of benzene rings is 2. The molecule has 1 nitrogen and oxygen atoms in total. The molecule has 1 N–H and O–H groups in total. The number of aliphatic hydroxyl groups excluding tert-OH is 1. The van der Waals surface area contributed by atoms with Crippen LogP contribution in [0.1, 0.15) is 31.2 Å². The predicted octanol–water partition coefficient (Wildman–Crippen LogP) is 4.52. The van der Waals surface area contributed by atoms with Gasteiger partial charge >= 0.3 is 0 Å². The fourth-order valence-electron chi connectivity index (χ4n) is 2.91. The summed E-state index contributed by atoms with van der Waals surface area (Å²) in [5.41, 5.74) is 1.21. The molecular formula is C20H22O. The molecule has 0 amide bonds. The van der Waals surface area contributed by atoms with E-state index in [0.717, 1.165) is 12.8 Å². The van der Waals surface area contributed by atoms with Crippen LogP contribution in [-0.2, 0) is 0 Å². The lowest BCUT2D eigenvalue weighted by atomic mass is 9.81. The summed E-state index contributed by atoms with van der Waals surface area (Å²) in [5.74, 6) is 3.27. The molecule has 0 saturated carbocycles. The van der Waals surface area contributed by atoms with Crippen molar-refractivity contribution in [3.8, 4) is 12.3 Å².